The van der Waals surface area contributed by atoms with E-state index in [0.29, 0.717) is 12.1 Å². The van der Waals surface area contributed by atoms with Gasteiger partial charge in [0.1, 0.15) is 11.9 Å². The van der Waals surface area contributed by atoms with Crippen molar-refractivity contribution < 1.29 is 5.11 Å². The third kappa shape index (κ3) is 3.56. The fourth-order valence-electron chi connectivity index (χ4n) is 3.20. The maximum Gasteiger partial charge on any atom is 0.146 e. The van der Waals surface area contributed by atoms with Gasteiger partial charge in [-0.1, -0.05) is 30.3 Å². The number of anilines is 1. The normalized spacial score (nSPS) is 19.7. The molecule has 124 valence electrons. The fourth-order valence-corrected chi connectivity index (χ4v) is 3.20. The predicted molar refractivity (Wildman–Crippen MR) is 93.6 cm³/mol. The molecule has 0 aliphatic carbocycles. The van der Waals surface area contributed by atoms with Gasteiger partial charge in [0, 0.05) is 38.4 Å². The number of nitrogens with zero attached hydrogens (tertiary/aromatic N) is 4. The average molecular weight is 322 g/mol. The number of hydrogen-bond donors (Lipinski definition) is 1. The summed E-state index contributed by atoms with van der Waals surface area (Å²) in [6.45, 7) is 5.21. The molecule has 3 rings (SSSR count). The molecular weight excluding hydrogens is 300 g/mol. The molecule has 1 aliphatic rings. The van der Waals surface area contributed by atoms with E-state index in [-0.39, 0.29) is 6.04 Å². The Kier molecular flexibility index (Phi) is 5.09. The number of hydrogen-bond acceptors (Lipinski definition) is 5. The van der Waals surface area contributed by atoms with E-state index in [1.807, 2.05) is 30.3 Å². The lowest BCUT2D eigenvalue weighted by atomic mass is 10.1. The summed E-state index contributed by atoms with van der Waals surface area (Å²) in [6, 6.07) is 15.9. The minimum Gasteiger partial charge on any atom is -0.387 e. The summed E-state index contributed by atoms with van der Waals surface area (Å²) in [6.07, 6.45) is 1.25. The van der Waals surface area contributed by atoms with E-state index in [1.54, 1.807) is 18.3 Å². The van der Waals surface area contributed by atoms with E-state index < -0.39 is 6.10 Å². The number of nitriles is 1. The zero-order valence-electron chi connectivity index (χ0n) is 13.8. The highest BCUT2D eigenvalue weighted by Gasteiger charge is 2.27. The van der Waals surface area contributed by atoms with Gasteiger partial charge in [-0.15, -0.1) is 0 Å². The van der Waals surface area contributed by atoms with Crippen LogP contribution in [0.25, 0.3) is 0 Å². The Hall–Kier alpha value is -2.42. The number of benzene rings is 1. The van der Waals surface area contributed by atoms with Crippen LogP contribution >= 0.6 is 0 Å². The molecule has 5 heteroatoms. The number of β-amino-alcohol motifs (C(OH)–C–C–N with tert-alkyl or cyclic N) is 1. The summed E-state index contributed by atoms with van der Waals surface area (Å²) in [4.78, 5) is 8.83. The SMILES string of the molecule is C[C@@H]1CN(c2ncccc2C#N)CCN1C[C@H](O)c1ccccc1. The molecule has 1 saturated heterocycles. The lowest BCUT2D eigenvalue weighted by Gasteiger charge is -2.41. The molecule has 1 fully saturated rings. The molecule has 0 radical (unpaired) electrons. The highest BCUT2D eigenvalue weighted by molar-refractivity contribution is 5.53. The van der Waals surface area contributed by atoms with E-state index in [1.165, 1.54) is 0 Å². The van der Waals surface area contributed by atoms with Crippen molar-refractivity contribution in [3.63, 3.8) is 0 Å². The Labute approximate surface area is 142 Å². The third-order valence-corrected chi connectivity index (χ3v) is 4.56. The zero-order chi connectivity index (χ0) is 16.9. The number of aliphatic hydroxyl groups excluding tert-OH is 1. The maximum atomic E-state index is 10.4. The first-order chi connectivity index (χ1) is 11.7. The zero-order valence-corrected chi connectivity index (χ0v) is 13.8. The van der Waals surface area contributed by atoms with E-state index in [0.717, 1.165) is 31.0 Å². The third-order valence-electron chi connectivity index (χ3n) is 4.56. The predicted octanol–water partition coefficient (Wildman–Crippen LogP) is 2.20. The highest BCUT2D eigenvalue weighted by atomic mass is 16.3. The second-order valence-corrected chi connectivity index (χ2v) is 6.20. The Morgan fingerprint density at radius 2 is 2.04 bits per heavy atom. The van der Waals surface area contributed by atoms with Crippen molar-refractivity contribution in [1.82, 2.24) is 9.88 Å². The van der Waals surface area contributed by atoms with Crippen molar-refractivity contribution in [3.8, 4) is 6.07 Å². The quantitative estimate of drug-likeness (QED) is 0.935. The molecule has 0 unspecified atom stereocenters. The van der Waals surface area contributed by atoms with Crippen LogP contribution in [0, 0.1) is 11.3 Å². The van der Waals surface area contributed by atoms with Crippen molar-refractivity contribution >= 4 is 5.82 Å². The van der Waals surface area contributed by atoms with Crippen LogP contribution in [0.4, 0.5) is 5.82 Å². The Balaban J connectivity index is 1.64. The number of pyridine rings is 1. The first-order valence-electron chi connectivity index (χ1n) is 8.26. The van der Waals surface area contributed by atoms with E-state index in [9.17, 15) is 10.4 Å². The first kappa shape index (κ1) is 16.4. The van der Waals surface area contributed by atoms with E-state index >= 15 is 0 Å². The topological polar surface area (TPSA) is 63.4 Å². The highest BCUT2D eigenvalue weighted by Crippen LogP contribution is 2.22. The summed E-state index contributed by atoms with van der Waals surface area (Å²) in [7, 11) is 0. The van der Waals surface area contributed by atoms with Gasteiger partial charge in [0.05, 0.1) is 11.7 Å². The molecule has 2 aromatic rings. The summed E-state index contributed by atoms with van der Waals surface area (Å²) in [5, 5.41) is 19.7. The molecule has 0 amide bonds. The molecule has 24 heavy (non-hydrogen) atoms. The van der Waals surface area contributed by atoms with Gasteiger partial charge in [-0.25, -0.2) is 4.98 Å². The lowest BCUT2D eigenvalue weighted by molar-refractivity contribution is 0.0848. The second kappa shape index (κ2) is 7.43. The van der Waals surface area contributed by atoms with E-state index in [4.69, 9.17) is 0 Å². The van der Waals surface area contributed by atoms with Crippen LogP contribution in [0.2, 0.25) is 0 Å². The monoisotopic (exact) mass is 322 g/mol. The maximum absolute atomic E-state index is 10.4. The number of aliphatic hydroxyl groups is 1. The van der Waals surface area contributed by atoms with Gasteiger partial charge >= 0.3 is 0 Å². The number of piperazine rings is 1. The summed E-state index contributed by atoms with van der Waals surface area (Å²) in [5.74, 6) is 0.759. The largest absolute Gasteiger partial charge is 0.387 e. The van der Waals surface area contributed by atoms with E-state index in [2.05, 4.69) is 27.8 Å². The van der Waals surface area contributed by atoms with Crippen molar-refractivity contribution in [2.75, 3.05) is 31.1 Å². The van der Waals surface area contributed by atoms with Crippen molar-refractivity contribution in [3.05, 3.63) is 59.8 Å². The van der Waals surface area contributed by atoms with Gasteiger partial charge in [0.15, 0.2) is 0 Å². The van der Waals surface area contributed by atoms with Crippen molar-refractivity contribution in [1.29, 1.82) is 5.26 Å². The summed E-state index contributed by atoms with van der Waals surface area (Å²) < 4.78 is 0. The summed E-state index contributed by atoms with van der Waals surface area (Å²) in [5.41, 5.74) is 1.56. The second-order valence-electron chi connectivity index (χ2n) is 6.20. The molecule has 0 saturated carbocycles. The Bertz CT molecular complexity index is 713. The van der Waals surface area contributed by atoms with Gasteiger partial charge in [-0.3, -0.25) is 4.90 Å². The molecule has 1 N–H and O–H groups in total. The van der Waals surface area contributed by atoms with Crippen molar-refractivity contribution in [2.45, 2.75) is 19.1 Å². The van der Waals surface area contributed by atoms with Crippen LogP contribution in [-0.4, -0.2) is 47.2 Å². The minimum absolute atomic E-state index is 0.283. The van der Waals surface area contributed by atoms with Gasteiger partial charge in [-0.2, -0.15) is 5.26 Å². The van der Waals surface area contributed by atoms with Gasteiger partial charge < -0.3 is 10.0 Å². The smallest absolute Gasteiger partial charge is 0.146 e. The molecule has 1 aliphatic heterocycles. The minimum atomic E-state index is -0.482. The van der Waals surface area contributed by atoms with Crippen LogP contribution in [0.1, 0.15) is 24.2 Å². The standard InChI is InChI=1S/C19H22N4O/c1-15-13-23(19-17(12-20)8-5-9-21-19)11-10-22(15)14-18(24)16-6-3-2-4-7-16/h2-9,15,18,24H,10-11,13-14H2,1H3/t15-,18+/m1/s1. The molecule has 0 bridgehead atoms. The fraction of sp³-hybridized carbons (Fsp3) is 0.368. The molecule has 2 heterocycles. The van der Waals surface area contributed by atoms with Gasteiger partial charge in [0.2, 0.25) is 0 Å². The Morgan fingerprint density at radius 1 is 1.25 bits per heavy atom. The van der Waals surface area contributed by atoms with Gasteiger partial charge in [-0.05, 0) is 24.6 Å². The number of rotatable bonds is 4. The molecule has 1 aromatic carbocycles. The lowest BCUT2D eigenvalue weighted by Crippen LogP contribution is -2.53. The molecular formula is C19H22N4O. The first-order valence-corrected chi connectivity index (χ1v) is 8.26. The van der Waals surface area contributed by atoms with Crippen LogP contribution in [-0.2, 0) is 0 Å². The molecule has 5 nitrogen and oxygen atoms in total. The van der Waals surface area contributed by atoms with Crippen LogP contribution in [0.15, 0.2) is 48.7 Å². The van der Waals surface area contributed by atoms with Crippen LogP contribution in [0.3, 0.4) is 0 Å². The van der Waals surface area contributed by atoms with Crippen LogP contribution < -0.4 is 4.90 Å². The Morgan fingerprint density at radius 3 is 2.75 bits per heavy atom. The average Bonchev–Trinajstić information content (AvgIpc) is 2.64. The van der Waals surface area contributed by atoms with Crippen LogP contribution in [0.5, 0.6) is 0 Å². The molecule has 1 aromatic heterocycles. The molecule has 0 spiro atoms. The number of aromatic nitrogens is 1. The molecule has 2 atom stereocenters. The summed E-state index contributed by atoms with van der Waals surface area (Å²) >= 11 is 0. The van der Waals surface area contributed by atoms with Crippen molar-refractivity contribution in [2.24, 2.45) is 0 Å². The van der Waals surface area contributed by atoms with Gasteiger partial charge in [0.25, 0.3) is 0 Å².